The van der Waals surface area contributed by atoms with Crippen molar-refractivity contribution in [2.75, 3.05) is 5.75 Å². The molecule has 0 amide bonds. The Kier molecular flexibility index (Phi) is 7.57. The second kappa shape index (κ2) is 8.12. The lowest BCUT2D eigenvalue weighted by Crippen LogP contribution is -2.29. The summed E-state index contributed by atoms with van der Waals surface area (Å²) in [6, 6.07) is -1.11. The van der Waals surface area contributed by atoms with Gasteiger partial charge in [0.2, 0.25) is 0 Å². The van der Waals surface area contributed by atoms with Gasteiger partial charge in [-0.1, -0.05) is 6.08 Å². The molecule has 0 saturated heterocycles. The number of hydrogen-bond acceptors (Lipinski definition) is 4. The minimum absolute atomic E-state index is 0.0419. The number of nitrogens with two attached hydrogens (primary N) is 1. The van der Waals surface area contributed by atoms with Gasteiger partial charge in [-0.25, -0.2) is 4.79 Å². The number of carboxylic acids is 2. The molecule has 16 heavy (non-hydrogen) atoms. The molecule has 0 aliphatic heterocycles. The molecule has 0 radical (unpaired) electrons. The van der Waals surface area contributed by atoms with E-state index in [9.17, 15) is 13.5 Å². The van der Waals surface area contributed by atoms with Gasteiger partial charge in [-0.2, -0.15) is 3.89 Å². The molecule has 5 nitrogen and oxygen atoms in total. The highest BCUT2D eigenvalue weighted by molar-refractivity contribution is 7.94. The lowest BCUT2D eigenvalue weighted by molar-refractivity contribution is -0.138. The van der Waals surface area contributed by atoms with Crippen molar-refractivity contribution < 1.29 is 23.7 Å². The van der Waals surface area contributed by atoms with E-state index in [-0.39, 0.29) is 36.3 Å². The number of halogens is 1. The average molecular weight is 251 g/mol. The van der Waals surface area contributed by atoms with Gasteiger partial charge in [0.1, 0.15) is 6.04 Å². The van der Waals surface area contributed by atoms with Crippen molar-refractivity contribution in [2.24, 2.45) is 5.73 Å². The first-order chi connectivity index (χ1) is 7.49. The summed E-state index contributed by atoms with van der Waals surface area (Å²) in [6.07, 6.45) is 1.84. The molecule has 0 aromatic heterocycles. The average Bonchev–Trinajstić information content (AvgIpc) is 2.21. The molecule has 0 spiro atoms. The second-order valence-corrected chi connectivity index (χ2v) is 3.76. The van der Waals surface area contributed by atoms with Gasteiger partial charge >= 0.3 is 11.9 Å². The first-order valence-electron chi connectivity index (χ1n) is 4.63. The molecule has 0 aliphatic rings. The van der Waals surface area contributed by atoms with Crippen LogP contribution in [0.5, 0.6) is 0 Å². The van der Waals surface area contributed by atoms with Crippen molar-refractivity contribution in [3.63, 3.8) is 0 Å². The van der Waals surface area contributed by atoms with Crippen LogP contribution in [0, 0.1) is 0 Å². The summed E-state index contributed by atoms with van der Waals surface area (Å²) in [4.78, 5) is 21.1. The molecule has 1 atom stereocenters. The maximum atomic E-state index is 11.7. The fraction of sp³-hybridized carbons (Fsp3) is 0.556. The van der Waals surface area contributed by atoms with Crippen molar-refractivity contribution in [1.82, 2.24) is 0 Å². The van der Waals surface area contributed by atoms with E-state index in [1.807, 2.05) is 0 Å². The zero-order chi connectivity index (χ0) is 12.6. The third-order valence-corrected chi connectivity index (χ3v) is 2.32. The molecule has 0 unspecified atom stereocenters. The van der Waals surface area contributed by atoms with Gasteiger partial charge in [-0.3, -0.25) is 4.79 Å². The van der Waals surface area contributed by atoms with Crippen LogP contribution in [0.1, 0.15) is 19.3 Å². The monoisotopic (exact) mass is 251 g/mol. The SMILES string of the molecule is N[C@@H](C/C=C(\CCCSF)C(=O)O)C(=O)O. The van der Waals surface area contributed by atoms with Gasteiger partial charge in [0.25, 0.3) is 0 Å². The third kappa shape index (κ3) is 6.41. The summed E-state index contributed by atoms with van der Waals surface area (Å²) in [7, 11) is 0. The zero-order valence-corrected chi connectivity index (χ0v) is 9.37. The molecule has 0 rings (SSSR count). The molecular weight excluding hydrogens is 237 g/mol. The van der Waals surface area contributed by atoms with Gasteiger partial charge in [0.05, 0.1) is 0 Å². The number of carbonyl (C=O) groups is 2. The summed E-state index contributed by atoms with van der Waals surface area (Å²) >= 11 is 0.146. The van der Waals surface area contributed by atoms with Gasteiger partial charge in [0, 0.05) is 23.5 Å². The minimum Gasteiger partial charge on any atom is -0.480 e. The maximum Gasteiger partial charge on any atom is 0.331 e. The topological polar surface area (TPSA) is 101 Å². The Hall–Kier alpha value is -1.08. The van der Waals surface area contributed by atoms with Crippen molar-refractivity contribution in [3.8, 4) is 0 Å². The van der Waals surface area contributed by atoms with Gasteiger partial charge in [-0.05, 0) is 19.3 Å². The van der Waals surface area contributed by atoms with Crippen LogP contribution >= 0.6 is 12.1 Å². The molecule has 0 fully saturated rings. The molecule has 92 valence electrons. The van der Waals surface area contributed by atoms with Gasteiger partial charge in [-0.15, -0.1) is 0 Å². The molecule has 0 aromatic carbocycles. The van der Waals surface area contributed by atoms with E-state index in [0.29, 0.717) is 6.42 Å². The van der Waals surface area contributed by atoms with E-state index in [4.69, 9.17) is 15.9 Å². The van der Waals surface area contributed by atoms with E-state index < -0.39 is 18.0 Å². The summed E-state index contributed by atoms with van der Waals surface area (Å²) in [5, 5.41) is 17.3. The normalized spacial score (nSPS) is 13.5. The Morgan fingerprint density at radius 1 is 1.44 bits per heavy atom. The largest absolute Gasteiger partial charge is 0.480 e. The quantitative estimate of drug-likeness (QED) is 0.442. The van der Waals surface area contributed by atoms with Crippen LogP contribution in [0.15, 0.2) is 11.6 Å². The van der Waals surface area contributed by atoms with E-state index in [1.165, 1.54) is 6.08 Å². The maximum absolute atomic E-state index is 11.7. The van der Waals surface area contributed by atoms with Crippen LogP contribution < -0.4 is 5.73 Å². The smallest absolute Gasteiger partial charge is 0.331 e. The predicted molar refractivity (Wildman–Crippen MR) is 58.7 cm³/mol. The van der Waals surface area contributed by atoms with Crippen LogP contribution in [-0.2, 0) is 9.59 Å². The lowest BCUT2D eigenvalue weighted by Gasteiger charge is -2.04. The highest BCUT2D eigenvalue weighted by atomic mass is 32.2. The Morgan fingerprint density at radius 2 is 2.06 bits per heavy atom. The molecule has 0 heterocycles. The van der Waals surface area contributed by atoms with E-state index >= 15 is 0 Å². The summed E-state index contributed by atoms with van der Waals surface area (Å²) in [6.45, 7) is 0. The Morgan fingerprint density at radius 3 is 2.50 bits per heavy atom. The molecule has 0 bridgehead atoms. The van der Waals surface area contributed by atoms with E-state index in [1.54, 1.807) is 0 Å². The standard InChI is InChI=1S/C9H14FNO4S/c10-16-5-1-2-6(8(12)13)3-4-7(11)9(14)15/h3,7H,1-2,4-5,11H2,(H,12,13)(H,14,15)/b6-3+/t7-/m0/s1. The fourth-order valence-electron chi connectivity index (χ4n) is 0.984. The Bertz CT molecular complexity index is 283. The number of hydrogen-bond donors (Lipinski definition) is 3. The minimum atomic E-state index is -1.18. The lowest BCUT2D eigenvalue weighted by atomic mass is 10.1. The summed E-state index contributed by atoms with van der Waals surface area (Å²) in [5.41, 5.74) is 5.29. The van der Waals surface area contributed by atoms with Crippen LogP contribution in [0.2, 0.25) is 0 Å². The molecular formula is C9H14FNO4S. The van der Waals surface area contributed by atoms with Crippen molar-refractivity contribution in [1.29, 1.82) is 0 Å². The third-order valence-electron chi connectivity index (χ3n) is 1.88. The Balaban J connectivity index is 4.24. The van der Waals surface area contributed by atoms with E-state index in [0.717, 1.165) is 0 Å². The molecule has 7 heteroatoms. The Labute approximate surface area is 96.8 Å². The van der Waals surface area contributed by atoms with Crippen LogP contribution in [0.3, 0.4) is 0 Å². The van der Waals surface area contributed by atoms with Crippen molar-refractivity contribution in [3.05, 3.63) is 11.6 Å². The highest BCUT2D eigenvalue weighted by Gasteiger charge is 2.12. The molecule has 0 aromatic rings. The first-order valence-corrected chi connectivity index (χ1v) is 5.52. The number of rotatable bonds is 8. The number of aliphatic carboxylic acids is 2. The van der Waals surface area contributed by atoms with Gasteiger partial charge < -0.3 is 15.9 Å². The van der Waals surface area contributed by atoms with E-state index in [2.05, 4.69) is 0 Å². The summed E-state index contributed by atoms with van der Waals surface area (Å²) in [5.74, 6) is -2.09. The number of carboxylic acid groups (broad SMARTS) is 2. The zero-order valence-electron chi connectivity index (χ0n) is 8.56. The molecule has 4 N–H and O–H groups in total. The molecule has 0 aliphatic carbocycles. The summed E-state index contributed by atoms with van der Waals surface area (Å²) < 4.78 is 11.7. The fourth-order valence-corrected chi connectivity index (χ4v) is 1.24. The van der Waals surface area contributed by atoms with Crippen LogP contribution in [0.25, 0.3) is 0 Å². The van der Waals surface area contributed by atoms with Crippen LogP contribution in [0.4, 0.5) is 3.89 Å². The highest BCUT2D eigenvalue weighted by Crippen LogP contribution is 2.12. The van der Waals surface area contributed by atoms with Gasteiger partial charge in [0.15, 0.2) is 0 Å². The van der Waals surface area contributed by atoms with Crippen molar-refractivity contribution >= 4 is 24.1 Å². The van der Waals surface area contributed by atoms with Crippen molar-refractivity contribution in [2.45, 2.75) is 25.3 Å². The second-order valence-electron chi connectivity index (χ2n) is 3.13. The predicted octanol–water partition coefficient (Wildman–Crippen LogP) is 1.20. The van der Waals surface area contributed by atoms with Crippen LogP contribution in [-0.4, -0.2) is 33.9 Å². The first kappa shape index (κ1) is 14.9. The molecule has 0 saturated carbocycles.